The van der Waals surface area contributed by atoms with Crippen molar-refractivity contribution in [1.82, 2.24) is 15.3 Å². The lowest BCUT2D eigenvalue weighted by molar-refractivity contribution is 0.353. The first-order valence-electron chi connectivity index (χ1n) is 5.57. The fourth-order valence-electron chi connectivity index (χ4n) is 1.53. The average molecular weight is 210 g/mol. The minimum Gasteiger partial charge on any atom is -0.347 e. The fraction of sp³-hybridized carbons (Fsp3) is 0.727. The summed E-state index contributed by atoms with van der Waals surface area (Å²) < 4.78 is 0. The number of nitrogens with one attached hydrogen (secondary N) is 2. The van der Waals surface area contributed by atoms with Crippen LogP contribution in [-0.4, -0.2) is 23.1 Å². The Balaban J connectivity index is 2.36. The number of nitrogens with zero attached hydrogens (tertiary/aromatic N) is 1. The van der Waals surface area contributed by atoms with Crippen LogP contribution in [0.3, 0.4) is 0 Å². The fourth-order valence-corrected chi connectivity index (χ4v) is 1.53. The van der Waals surface area contributed by atoms with E-state index in [0.717, 1.165) is 18.9 Å². The molecule has 0 aliphatic carbocycles. The lowest BCUT2D eigenvalue weighted by Gasteiger charge is -2.21. The van der Waals surface area contributed by atoms with E-state index in [1.807, 2.05) is 6.20 Å². The molecule has 2 atom stereocenters. The van der Waals surface area contributed by atoms with Crippen molar-refractivity contribution < 1.29 is 0 Å². The Bertz CT molecular complexity index is 256. The maximum atomic E-state index is 5.72. The lowest BCUT2D eigenvalue weighted by atomic mass is 9.96. The summed E-state index contributed by atoms with van der Waals surface area (Å²) in [6, 6.07) is 0.257. The Labute approximate surface area is 91.7 Å². The number of hydrogen-bond acceptors (Lipinski definition) is 3. The molecule has 0 aliphatic rings. The number of hydrogen-bond donors (Lipinski definition) is 3. The van der Waals surface area contributed by atoms with Crippen LogP contribution in [0, 0.1) is 11.8 Å². The quantitative estimate of drug-likeness (QED) is 0.663. The van der Waals surface area contributed by atoms with Gasteiger partial charge in [-0.3, -0.25) is 0 Å². The molecule has 1 aromatic rings. The molecular formula is C11H22N4. The van der Waals surface area contributed by atoms with Crippen LogP contribution >= 0.6 is 0 Å². The highest BCUT2D eigenvalue weighted by Crippen LogP contribution is 2.11. The number of nitrogens with two attached hydrogens (primary N) is 1. The van der Waals surface area contributed by atoms with E-state index in [0.29, 0.717) is 11.8 Å². The molecular weight excluding hydrogens is 188 g/mol. The van der Waals surface area contributed by atoms with Crippen molar-refractivity contribution in [3.8, 4) is 0 Å². The summed E-state index contributed by atoms with van der Waals surface area (Å²) in [5.41, 5.74) is 5.72. The van der Waals surface area contributed by atoms with E-state index in [2.05, 4.69) is 36.1 Å². The van der Waals surface area contributed by atoms with Gasteiger partial charge in [0.15, 0.2) is 0 Å². The molecule has 1 heterocycles. The molecule has 0 saturated carbocycles. The average Bonchev–Trinajstić information content (AvgIpc) is 2.70. The maximum absolute atomic E-state index is 5.72. The normalized spacial score (nSPS) is 15.5. The molecule has 0 radical (unpaired) electrons. The summed E-state index contributed by atoms with van der Waals surface area (Å²) in [7, 11) is 0. The molecule has 0 fully saturated rings. The highest BCUT2D eigenvalue weighted by molar-refractivity contribution is 4.93. The van der Waals surface area contributed by atoms with Crippen LogP contribution in [0.5, 0.6) is 0 Å². The number of rotatable bonds is 6. The first-order chi connectivity index (χ1) is 7.15. The van der Waals surface area contributed by atoms with Gasteiger partial charge in [-0.2, -0.15) is 0 Å². The minimum atomic E-state index is 0.257. The van der Waals surface area contributed by atoms with Crippen molar-refractivity contribution in [1.29, 1.82) is 0 Å². The van der Waals surface area contributed by atoms with Gasteiger partial charge in [-0.25, -0.2) is 4.98 Å². The van der Waals surface area contributed by atoms with Gasteiger partial charge in [0, 0.05) is 18.9 Å². The molecule has 0 amide bonds. The molecule has 1 rings (SSSR count). The Morgan fingerprint density at radius 3 is 2.67 bits per heavy atom. The lowest BCUT2D eigenvalue weighted by Crippen LogP contribution is -2.33. The van der Waals surface area contributed by atoms with Crippen LogP contribution in [0.1, 0.15) is 32.6 Å². The summed E-state index contributed by atoms with van der Waals surface area (Å²) in [4.78, 5) is 7.32. The third-order valence-corrected chi connectivity index (χ3v) is 2.86. The van der Waals surface area contributed by atoms with Crippen molar-refractivity contribution in [3.05, 3.63) is 18.2 Å². The zero-order valence-corrected chi connectivity index (χ0v) is 9.83. The van der Waals surface area contributed by atoms with E-state index >= 15 is 0 Å². The minimum absolute atomic E-state index is 0.257. The largest absolute Gasteiger partial charge is 0.347 e. The molecule has 0 saturated heterocycles. The van der Waals surface area contributed by atoms with Gasteiger partial charge >= 0.3 is 0 Å². The summed E-state index contributed by atoms with van der Waals surface area (Å²) in [5, 5.41) is 3.44. The van der Waals surface area contributed by atoms with Gasteiger partial charge in [-0.1, -0.05) is 13.8 Å². The second kappa shape index (κ2) is 5.88. The molecule has 4 heteroatoms. The van der Waals surface area contributed by atoms with Gasteiger partial charge in [0.25, 0.3) is 0 Å². The van der Waals surface area contributed by atoms with Crippen molar-refractivity contribution in [2.24, 2.45) is 17.6 Å². The van der Waals surface area contributed by atoms with E-state index in [4.69, 9.17) is 5.73 Å². The van der Waals surface area contributed by atoms with Gasteiger partial charge in [-0.05, 0) is 25.3 Å². The predicted molar refractivity (Wildman–Crippen MR) is 62.4 cm³/mol. The molecule has 0 aliphatic heterocycles. The highest BCUT2D eigenvalue weighted by Gasteiger charge is 2.13. The van der Waals surface area contributed by atoms with Crippen molar-refractivity contribution in [2.45, 2.75) is 26.8 Å². The number of aromatic amines is 1. The first kappa shape index (κ1) is 12.2. The zero-order chi connectivity index (χ0) is 11.3. The summed E-state index contributed by atoms with van der Waals surface area (Å²) in [5.74, 6) is 2.13. The van der Waals surface area contributed by atoms with Crippen LogP contribution in [0.25, 0.3) is 0 Å². The standard InChI is InChI=1S/C11H22N4/c1-8(2)10(6-12)7-15-9(3)11-13-4-5-14-11/h4-5,8-10,15H,6-7,12H2,1-3H3,(H,13,14). The molecule has 0 bridgehead atoms. The van der Waals surface area contributed by atoms with Crippen LogP contribution in [0.15, 0.2) is 12.4 Å². The second-order valence-corrected chi connectivity index (χ2v) is 4.34. The Morgan fingerprint density at radius 2 is 2.20 bits per heavy atom. The SMILES string of the molecule is CC(NCC(CN)C(C)C)c1ncc[nH]1. The van der Waals surface area contributed by atoms with Crippen LogP contribution in [0.4, 0.5) is 0 Å². The van der Waals surface area contributed by atoms with Crippen molar-refractivity contribution in [2.75, 3.05) is 13.1 Å². The third-order valence-electron chi connectivity index (χ3n) is 2.86. The third kappa shape index (κ3) is 3.64. The van der Waals surface area contributed by atoms with Gasteiger partial charge in [0.2, 0.25) is 0 Å². The van der Waals surface area contributed by atoms with Gasteiger partial charge in [-0.15, -0.1) is 0 Å². The van der Waals surface area contributed by atoms with Gasteiger partial charge in [0.05, 0.1) is 6.04 Å². The number of H-pyrrole nitrogens is 1. The topological polar surface area (TPSA) is 66.7 Å². The molecule has 4 nitrogen and oxygen atoms in total. The van der Waals surface area contributed by atoms with Crippen LogP contribution in [0.2, 0.25) is 0 Å². The smallest absolute Gasteiger partial charge is 0.122 e. The van der Waals surface area contributed by atoms with E-state index in [-0.39, 0.29) is 6.04 Å². The van der Waals surface area contributed by atoms with Crippen molar-refractivity contribution in [3.63, 3.8) is 0 Å². The summed E-state index contributed by atoms with van der Waals surface area (Å²) in [6.45, 7) is 8.19. The summed E-state index contributed by atoms with van der Waals surface area (Å²) >= 11 is 0. The number of aromatic nitrogens is 2. The highest BCUT2D eigenvalue weighted by atomic mass is 15.0. The second-order valence-electron chi connectivity index (χ2n) is 4.34. The predicted octanol–water partition coefficient (Wildman–Crippen LogP) is 1.29. The summed E-state index contributed by atoms with van der Waals surface area (Å²) in [6.07, 6.45) is 3.62. The molecule has 2 unspecified atom stereocenters. The van der Waals surface area contributed by atoms with E-state index in [1.54, 1.807) is 6.20 Å². The maximum Gasteiger partial charge on any atom is 0.122 e. The number of imidazole rings is 1. The Kier molecular flexibility index (Phi) is 4.78. The zero-order valence-electron chi connectivity index (χ0n) is 9.83. The molecule has 4 N–H and O–H groups in total. The van der Waals surface area contributed by atoms with Crippen LogP contribution in [-0.2, 0) is 0 Å². The van der Waals surface area contributed by atoms with Gasteiger partial charge < -0.3 is 16.0 Å². The Morgan fingerprint density at radius 1 is 1.47 bits per heavy atom. The monoisotopic (exact) mass is 210 g/mol. The molecule has 1 aromatic heterocycles. The van der Waals surface area contributed by atoms with E-state index in [9.17, 15) is 0 Å². The molecule has 86 valence electrons. The molecule has 15 heavy (non-hydrogen) atoms. The van der Waals surface area contributed by atoms with Crippen molar-refractivity contribution >= 4 is 0 Å². The first-order valence-corrected chi connectivity index (χ1v) is 5.57. The van der Waals surface area contributed by atoms with Crippen LogP contribution < -0.4 is 11.1 Å². The van der Waals surface area contributed by atoms with Gasteiger partial charge in [0.1, 0.15) is 5.82 Å². The van der Waals surface area contributed by atoms with E-state index < -0.39 is 0 Å². The molecule has 0 spiro atoms. The Hall–Kier alpha value is -0.870. The van der Waals surface area contributed by atoms with E-state index in [1.165, 1.54) is 0 Å². The molecule has 0 aromatic carbocycles.